The van der Waals surface area contributed by atoms with E-state index in [-0.39, 0.29) is 17.5 Å². The zero-order valence-corrected chi connectivity index (χ0v) is 9.87. The van der Waals surface area contributed by atoms with Crippen molar-refractivity contribution in [3.05, 3.63) is 47.1 Å². The molecule has 0 bridgehead atoms. The highest BCUT2D eigenvalue weighted by Gasteiger charge is 2.31. The fourth-order valence-corrected chi connectivity index (χ4v) is 2.65. The van der Waals surface area contributed by atoms with Gasteiger partial charge < -0.3 is 5.41 Å². The standard InChI is InChI=1S/C15H13FNO/c16-12-3-4-13-11(6-12)5-10(15(18)8-17)2-1-9-7-14(9)13/h3-4,6-8,10,17H,1-2,5H2. The molecule has 1 atom stereocenters. The SMILES string of the molecule is N=CC(=O)C1CCC2=C([CH]2)c2ccc(F)cc2C1. The number of fused-ring (bicyclic) bond motifs is 2. The van der Waals surface area contributed by atoms with Crippen LogP contribution in [0.15, 0.2) is 23.8 Å². The number of hydrogen-bond donors (Lipinski definition) is 1. The summed E-state index contributed by atoms with van der Waals surface area (Å²) >= 11 is 0. The van der Waals surface area contributed by atoms with Gasteiger partial charge >= 0.3 is 0 Å². The van der Waals surface area contributed by atoms with Gasteiger partial charge in [0.15, 0.2) is 5.78 Å². The van der Waals surface area contributed by atoms with Crippen molar-refractivity contribution in [2.45, 2.75) is 19.3 Å². The smallest absolute Gasteiger partial charge is 0.176 e. The fraction of sp³-hybridized carbons (Fsp3) is 0.267. The second-order valence-corrected chi connectivity index (χ2v) is 4.87. The summed E-state index contributed by atoms with van der Waals surface area (Å²) in [6, 6.07) is 4.77. The van der Waals surface area contributed by atoms with Crippen LogP contribution in [0.2, 0.25) is 0 Å². The molecule has 1 unspecified atom stereocenters. The van der Waals surface area contributed by atoms with Crippen molar-refractivity contribution in [1.82, 2.24) is 0 Å². The lowest BCUT2D eigenvalue weighted by Crippen LogP contribution is -2.19. The molecule has 3 rings (SSSR count). The molecule has 1 aromatic carbocycles. The van der Waals surface area contributed by atoms with Crippen LogP contribution >= 0.6 is 0 Å². The largest absolute Gasteiger partial charge is 0.305 e. The third-order valence-electron chi connectivity index (χ3n) is 3.71. The van der Waals surface area contributed by atoms with Crippen LogP contribution < -0.4 is 0 Å². The Kier molecular flexibility index (Phi) is 2.62. The minimum atomic E-state index is -0.266. The Morgan fingerprint density at radius 1 is 1.44 bits per heavy atom. The lowest BCUT2D eigenvalue weighted by atomic mass is 9.87. The van der Waals surface area contributed by atoms with Crippen molar-refractivity contribution in [2.75, 3.05) is 0 Å². The van der Waals surface area contributed by atoms with E-state index in [1.54, 1.807) is 6.07 Å². The second-order valence-electron chi connectivity index (χ2n) is 4.87. The summed E-state index contributed by atoms with van der Waals surface area (Å²) in [5.41, 5.74) is 4.42. The molecular formula is C15H13FNO. The number of carbonyl (C=O) groups is 1. The molecule has 1 radical (unpaired) electrons. The first-order chi connectivity index (χ1) is 8.69. The van der Waals surface area contributed by atoms with Gasteiger partial charge in [0, 0.05) is 12.3 Å². The molecule has 3 heteroatoms. The quantitative estimate of drug-likeness (QED) is 0.796. The molecule has 0 spiro atoms. The number of hydrogen-bond acceptors (Lipinski definition) is 2. The van der Waals surface area contributed by atoms with Crippen LogP contribution in [0.1, 0.15) is 24.0 Å². The van der Waals surface area contributed by atoms with Gasteiger partial charge in [-0.1, -0.05) is 11.6 Å². The van der Waals surface area contributed by atoms with Crippen molar-refractivity contribution < 1.29 is 9.18 Å². The second kappa shape index (κ2) is 4.16. The zero-order valence-electron chi connectivity index (χ0n) is 9.87. The van der Waals surface area contributed by atoms with E-state index in [9.17, 15) is 9.18 Å². The molecule has 1 aromatic rings. The maximum atomic E-state index is 13.3. The molecule has 1 N–H and O–H groups in total. The number of nitrogens with one attached hydrogen (secondary N) is 1. The van der Waals surface area contributed by atoms with E-state index in [1.165, 1.54) is 23.3 Å². The zero-order chi connectivity index (χ0) is 12.7. The molecule has 0 aromatic heterocycles. The van der Waals surface area contributed by atoms with Crippen LogP contribution in [0, 0.1) is 23.6 Å². The van der Waals surface area contributed by atoms with Gasteiger partial charge in [0.1, 0.15) is 5.82 Å². The van der Waals surface area contributed by atoms with Crippen molar-refractivity contribution >= 4 is 17.6 Å². The maximum Gasteiger partial charge on any atom is 0.176 e. The van der Waals surface area contributed by atoms with E-state index in [0.29, 0.717) is 6.42 Å². The number of carbonyl (C=O) groups excluding carboxylic acids is 1. The highest BCUT2D eigenvalue weighted by atomic mass is 19.1. The summed E-state index contributed by atoms with van der Waals surface area (Å²) < 4.78 is 13.3. The monoisotopic (exact) mass is 242 g/mol. The third kappa shape index (κ3) is 1.90. The summed E-state index contributed by atoms with van der Waals surface area (Å²) in [6.07, 6.45) is 5.16. The lowest BCUT2D eigenvalue weighted by Gasteiger charge is -2.16. The molecule has 0 saturated heterocycles. The summed E-state index contributed by atoms with van der Waals surface area (Å²) in [6.45, 7) is 0. The van der Waals surface area contributed by atoms with Crippen molar-refractivity contribution in [3.63, 3.8) is 0 Å². The Balaban J connectivity index is 2.01. The number of halogens is 1. The third-order valence-corrected chi connectivity index (χ3v) is 3.71. The van der Waals surface area contributed by atoms with E-state index >= 15 is 0 Å². The van der Waals surface area contributed by atoms with Crippen LogP contribution in [0.25, 0.3) is 5.57 Å². The van der Waals surface area contributed by atoms with E-state index in [0.717, 1.165) is 30.2 Å². The first-order valence-electron chi connectivity index (χ1n) is 6.10. The Morgan fingerprint density at radius 3 is 3.06 bits per heavy atom. The van der Waals surface area contributed by atoms with Crippen LogP contribution in [-0.4, -0.2) is 12.0 Å². The van der Waals surface area contributed by atoms with Gasteiger partial charge in [-0.15, -0.1) is 0 Å². The number of ketones is 1. The van der Waals surface area contributed by atoms with E-state index in [2.05, 4.69) is 6.42 Å². The maximum absolute atomic E-state index is 13.3. The summed E-state index contributed by atoms with van der Waals surface area (Å²) in [5, 5.41) is 7.09. The topological polar surface area (TPSA) is 40.9 Å². The van der Waals surface area contributed by atoms with Crippen molar-refractivity contribution in [1.29, 1.82) is 5.41 Å². The van der Waals surface area contributed by atoms with E-state index in [1.807, 2.05) is 0 Å². The number of allylic oxidation sites excluding steroid dienone is 2. The van der Waals surface area contributed by atoms with Crippen LogP contribution in [-0.2, 0) is 11.2 Å². The summed E-state index contributed by atoms with van der Waals surface area (Å²) in [5.74, 6) is -0.612. The minimum absolute atomic E-state index is 0.157. The highest BCUT2D eigenvalue weighted by molar-refractivity contribution is 6.27. The number of rotatable bonds is 2. The summed E-state index contributed by atoms with van der Waals surface area (Å²) in [4.78, 5) is 11.7. The molecule has 91 valence electrons. The Labute approximate surface area is 105 Å². The van der Waals surface area contributed by atoms with Gasteiger partial charge in [-0.3, -0.25) is 4.79 Å². The predicted molar refractivity (Wildman–Crippen MR) is 67.8 cm³/mol. The molecule has 0 amide bonds. The number of Topliss-reactive ketones (excluding diaryl/α,β-unsaturated/α-hetero) is 1. The Morgan fingerprint density at radius 2 is 2.28 bits per heavy atom. The molecule has 2 aliphatic carbocycles. The van der Waals surface area contributed by atoms with Gasteiger partial charge in [-0.25, -0.2) is 4.39 Å². The normalized spacial score (nSPS) is 21.5. The Hall–Kier alpha value is -1.77. The average Bonchev–Trinajstić information content (AvgIpc) is 3.10. The van der Waals surface area contributed by atoms with Crippen LogP contribution in [0.5, 0.6) is 0 Å². The van der Waals surface area contributed by atoms with Crippen molar-refractivity contribution in [2.24, 2.45) is 5.92 Å². The van der Waals surface area contributed by atoms with E-state index < -0.39 is 0 Å². The predicted octanol–water partition coefficient (Wildman–Crippen LogP) is 2.97. The van der Waals surface area contributed by atoms with E-state index in [4.69, 9.17) is 5.41 Å². The fourth-order valence-electron chi connectivity index (χ4n) is 2.65. The van der Waals surface area contributed by atoms with Gasteiger partial charge in [-0.2, -0.15) is 0 Å². The molecule has 0 heterocycles. The van der Waals surface area contributed by atoms with Gasteiger partial charge in [-0.05, 0) is 48.1 Å². The molecule has 0 saturated carbocycles. The molecule has 2 aliphatic rings. The summed E-state index contributed by atoms with van der Waals surface area (Å²) in [7, 11) is 0. The van der Waals surface area contributed by atoms with Crippen LogP contribution in [0.4, 0.5) is 4.39 Å². The first kappa shape index (κ1) is 11.3. The molecular weight excluding hydrogens is 229 g/mol. The van der Waals surface area contributed by atoms with Gasteiger partial charge in [0.05, 0.1) is 6.21 Å². The number of benzene rings is 1. The van der Waals surface area contributed by atoms with Gasteiger partial charge in [0.2, 0.25) is 0 Å². The molecule has 2 nitrogen and oxygen atoms in total. The molecule has 0 fully saturated rings. The van der Waals surface area contributed by atoms with Crippen LogP contribution in [0.3, 0.4) is 0 Å². The lowest BCUT2D eigenvalue weighted by molar-refractivity contribution is -0.116. The highest BCUT2D eigenvalue weighted by Crippen LogP contribution is 2.45. The Bertz CT molecular complexity index is 574. The van der Waals surface area contributed by atoms with Gasteiger partial charge in [0.25, 0.3) is 0 Å². The first-order valence-corrected chi connectivity index (χ1v) is 6.10. The molecule has 0 aliphatic heterocycles. The van der Waals surface area contributed by atoms with Crippen molar-refractivity contribution in [3.8, 4) is 0 Å². The minimum Gasteiger partial charge on any atom is -0.305 e. The molecule has 18 heavy (non-hydrogen) atoms. The average molecular weight is 242 g/mol.